The zero-order valence-electron chi connectivity index (χ0n) is 10.6. The molecule has 0 unspecified atom stereocenters. The number of pyridine rings is 1. The molecule has 1 heterocycles. The second kappa shape index (κ2) is 5.70. The molecule has 8 heteroatoms. The Morgan fingerprint density at radius 3 is 2.10 bits per heavy atom. The van der Waals surface area contributed by atoms with E-state index < -0.39 is 17.9 Å². The molecular formula is C13H11F3N4O. The van der Waals surface area contributed by atoms with Crippen molar-refractivity contribution in [2.45, 2.75) is 6.18 Å². The first-order valence-electron chi connectivity index (χ1n) is 5.81. The van der Waals surface area contributed by atoms with Gasteiger partial charge in [0.25, 0.3) is 0 Å². The maximum Gasteiger partial charge on any atom is 0.433 e. The second-order valence-electron chi connectivity index (χ2n) is 4.13. The zero-order chi connectivity index (χ0) is 15.5. The maximum atomic E-state index is 12.3. The summed E-state index contributed by atoms with van der Waals surface area (Å²) in [5.74, 6) is 0. The molecule has 0 radical (unpaired) electrons. The molecule has 0 saturated carbocycles. The zero-order valence-corrected chi connectivity index (χ0v) is 10.6. The molecule has 21 heavy (non-hydrogen) atoms. The molecule has 0 fully saturated rings. The number of halogens is 3. The van der Waals surface area contributed by atoms with Crippen molar-refractivity contribution in [2.75, 3.05) is 16.4 Å². The summed E-state index contributed by atoms with van der Waals surface area (Å²) < 4.78 is 37.0. The Hall–Kier alpha value is -2.77. The maximum absolute atomic E-state index is 12.3. The SMILES string of the molecule is Nc1ccc(NC(=O)Nc2ccc(C(F)(F)F)nc2)cc1. The fourth-order valence-corrected chi connectivity index (χ4v) is 1.50. The number of nitrogens with zero attached hydrogens (tertiary/aromatic N) is 1. The van der Waals surface area contributed by atoms with Crippen LogP contribution in [-0.4, -0.2) is 11.0 Å². The Morgan fingerprint density at radius 2 is 1.57 bits per heavy atom. The Kier molecular flexibility index (Phi) is 3.97. The molecule has 4 N–H and O–H groups in total. The van der Waals surface area contributed by atoms with E-state index in [1.165, 1.54) is 0 Å². The van der Waals surface area contributed by atoms with E-state index in [0.717, 1.165) is 18.3 Å². The number of benzene rings is 1. The number of urea groups is 1. The fourth-order valence-electron chi connectivity index (χ4n) is 1.50. The van der Waals surface area contributed by atoms with Gasteiger partial charge in [-0.15, -0.1) is 0 Å². The molecule has 0 atom stereocenters. The van der Waals surface area contributed by atoms with Gasteiger partial charge in [0.05, 0.1) is 11.9 Å². The van der Waals surface area contributed by atoms with Crippen molar-refractivity contribution in [1.82, 2.24) is 4.98 Å². The number of hydrogen-bond acceptors (Lipinski definition) is 3. The topological polar surface area (TPSA) is 80.0 Å². The van der Waals surface area contributed by atoms with Crippen molar-refractivity contribution < 1.29 is 18.0 Å². The predicted molar refractivity (Wildman–Crippen MR) is 72.7 cm³/mol. The van der Waals surface area contributed by atoms with Crippen LogP contribution < -0.4 is 16.4 Å². The average molecular weight is 296 g/mol. The van der Waals surface area contributed by atoms with Gasteiger partial charge in [0.2, 0.25) is 0 Å². The summed E-state index contributed by atoms with van der Waals surface area (Å²) in [6.45, 7) is 0. The first-order chi connectivity index (χ1) is 9.84. The van der Waals surface area contributed by atoms with Crippen molar-refractivity contribution in [3.8, 4) is 0 Å². The van der Waals surface area contributed by atoms with Gasteiger partial charge < -0.3 is 16.4 Å². The molecule has 2 amide bonds. The van der Waals surface area contributed by atoms with Gasteiger partial charge in [0.15, 0.2) is 0 Å². The molecule has 2 aromatic rings. The number of alkyl halides is 3. The lowest BCUT2D eigenvalue weighted by molar-refractivity contribution is -0.141. The summed E-state index contributed by atoms with van der Waals surface area (Å²) in [6, 6.07) is 7.73. The van der Waals surface area contributed by atoms with Crippen molar-refractivity contribution in [1.29, 1.82) is 0 Å². The van der Waals surface area contributed by atoms with E-state index >= 15 is 0 Å². The van der Waals surface area contributed by atoms with Gasteiger partial charge in [-0.1, -0.05) is 0 Å². The monoisotopic (exact) mass is 296 g/mol. The lowest BCUT2D eigenvalue weighted by atomic mass is 10.3. The number of anilines is 3. The highest BCUT2D eigenvalue weighted by atomic mass is 19.4. The highest BCUT2D eigenvalue weighted by Crippen LogP contribution is 2.27. The molecule has 1 aromatic heterocycles. The van der Waals surface area contributed by atoms with Crippen LogP contribution in [0.25, 0.3) is 0 Å². The predicted octanol–water partition coefficient (Wildman–Crippen LogP) is 3.33. The van der Waals surface area contributed by atoms with Gasteiger partial charge in [-0.25, -0.2) is 9.78 Å². The van der Waals surface area contributed by atoms with Crippen molar-refractivity contribution >= 4 is 23.1 Å². The lowest BCUT2D eigenvalue weighted by Gasteiger charge is -2.09. The third kappa shape index (κ3) is 4.10. The summed E-state index contributed by atoms with van der Waals surface area (Å²) in [7, 11) is 0. The Morgan fingerprint density at radius 1 is 1.00 bits per heavy atom. The summed E-state index contributed by atoms with van der Waals surface area (Å²) in [5.41, 5.74) is 5.68. The van der Waals surface area contributed by atoms with Crippen molar-refractivity contribution in [3.63, 3.8) is 0 Å². The minimum absolute atomic E-state index is 0.149. The van der Waals surface area contributed by atoms with Crippen LogP contribution in [0.2, 0.25) is 0 Å². The van der Waals surface area contributed by atoms with Crippen LogP contribution in [0, 0.1) is 0 Å². The number of carbonyl (C=O) groups is 1. The minimum Gasteiger partial charge on any atom is -0.399 e. The number of amides is 2. The molecular weight excluding hydrogens is 285 g/mol. The van der Waals surface area contributed by atoms with Crippen LogP contribution >= 0.6 is 0 Å². The first-order valence-corrected chi connectivity index (χ1v) is 5.81. The number of nitrogen functional groups attached to an aromatic ring is 1. The minimum atomic E-state index is -4.51. The molecule has 5 nitrogen and oxygen atoms in total. The standard InChI is InChI=1S/C13H11F3N4O/c14-13(15,16)11-6-5-10(7-18-11)20-12(21)19-9-3-1-8(17)2-4-9/h1-7H,17H2,(H2,19,20,21). The number of aromatic nitrogens is 1. The molecule has 2 rings (SSSR count). The van der Waals surface area contributed by atoms with E-state index in [1.54, 1.807) is 24.3 Å². The number of carbonyl (C=O) groups excluding carboxylic acids is 1. The molecule has 110 valence electrons. The quantitative estimate of drug-likeness (QED) is 0.744. The van der Waals surface area contributed by atoms with Gasteiger partial charge in [-0.2, -0.15) is 13.2 Å². The van der Waals surface area contributed by atoms with Crippen LogP contribution in [-0.2, 0) is 6.18 Å². The van der Waals surface area contributed by atoms with Crippen LogP contribution in [0.1, 0.15) is 5.69 Å². The first kappa shape index (κ1) is 14.6. The highest BCUT2D eigenvalue weighted by Gasteiger charge is 2.32. The lowest BCUT2D eigenvalue weighted by Crippen LogP contribution is -2.19. The average Bonchev–Trinajstić information content (AvgIpc) is 2.41. The van der Waals surface area contributed by atoms with Crippen LogP contribution in [0.15, 0.2) is 42.6 Å². The third-order valence-corrected chi connectivity index (χ3v) is 2.48. The van der Waals surface area contributed by atoms with E-state index in [2.05, 4.69) is 15.6 Å². The summed E-state index contributed by atoms with van der Waals surface area (Å²) >= 11 is 0. The van der Waals surface area contributed by atoms with E-state index in [0.29, 0.717) is 11.4 Å². The molecule has 0 saturated heterocycles. The summed E-state index contributed by atoms with van der Waals surface area (Å²) in [5, 5.41) is 4.88. The number of nitrogens with two attached hydrogens (primary N) is 1. The molecule has 0 bridgehead atoms. The Labute approximate surface area is 118 Å². The van der Waals surface area contributed by atoms with Crippen LogP contribution in [0.5, 0.6) is 0 Å². The Balaban J connectivity index is 1.98. The highest BCUT2D eigenvalue weighted by molar-refractivity contribution is 5.99. The summed E-state index contributed by atoms with van der Waals surface area (Å²) in [4.78, 5) is 14.9. The smallest absolute Gasteiger partial charge is 0.399 e. The van der Waals surface area contributed by atoms with E-state index in [1.807, 2.05) is 0 Å². The van der Waals surface area contributed by atoms with Gasteiger partial charge >= 0.3 is 12.2 Å². The number of nitrogens with one attached hydrogen (secondary N) is 2. The van der Waals surface area contributed by atoms with E-state index in [4.69, 9.17) is 5.73 Å². The van der Waals surface area contributed by atoms with Gasteiger partial charge in [0, 0.05) is 11.4 Å². The number of hydrogen-bond donors (Lipinski definition) is 3. The Bertz CT molecular complexity index is 623. The van der Waals surface area contributed by atoms with Crippen LogP contribution in [0.4, 0.5) is 35.0 Å². The normalized spacial score (nSPS) is 11.0. The summed E-state index contributed by atoms with van der Waals surface area (Å²) in [6.07, 6.45) is -3.57. The van der Waals surface area contributed by atoms with Gasteiger partial charge in [-0.05, 0) is 36.4 Å². The second-order valence-corrected chi connectivity index (χ2v) is 4.13. The molecule has 0 spiro atoms. The van der Waals surface area contributed by atoms with Gasteiger partial charge in [0.1, 0.15) is 5.69 Å². The van der Waals surface area contributed by atoms with Crippen LogP contribution in [0.3, 0.4) is 0 Å². The van der Waals surface area contributed by atoms with Gasteiger partial charge in [-0.3, -0.25) is 0 Å². The van der Waals surface area contributed by atoms with Crippen molar-refractivity contribution in [3.05, 3.63) is 48.3 Å². The van der Waals surface area contributed by atoms with E-state index in [-0.39, 0.29) is 5.69 Å². The molecule has 0 aliphatic rings. The largest absolute Gasteiger partial charge is 0.433 e. The van der Waals surface area contributed by atoms with Crippen molar-refractivity contribution in [2.24, 2.45) is 0 Å². The van der Waals surface area contributed by atoms with E-state index in [9.17, 15) is 18.0 Å². The molecule has 0 aliphatic carbocycles. The fraction of sp³-hybridized carbons (Fsp3) is 0.0769. The third-order valence-electron chi connectivity index (χ3n) is 2.48. The molecule has 1 aromatic carbocycles. The molecule has 0 aliphatic heterocycles. The number of rotatable bonds is 2.